The number of carbonyl (C=O) groups is 4. The minimum absolute atomic E-state index is 0.0156. The van der Waals surface area contributed by atoms with Crippen LogP contribution in [-0.4, -0.2) is 90.3 Å². The highest BCUT2D eigenvalue weighted by Crippen LogP contribution is 2.29. The quantitative estimate of drug-likeness (QED) is 0.316. The molecule has 0 fully saturated rings. The number of carbonyl (C=O) groups excluding carboxylic acids is 4. The summed E-state index contributed by atoms with van der Waals surface area (Å²) in [6, 6.07) is 5.87. The van der Waals surface area contributed by atoms with Crippen LogP contribution in [0.4, 0.5) is 8.78 Å². The zero-order valence-electron chi connectivity index (χ0n) is 30.4. The summed E-state index contributed by atoms with van der Waals surface area (Å²) in [6.45, 7) is 5.45. The van der Waals surface area contributed by atoms with E-state index in [0.29, 0.717) is 29.6 Å². The van der Waals surface area contributed by atoms with Crippen molar-refractivity contribution in [2.24, 2.45) is 5.92 Å². The molecule has 4 amide bonds. The van der Waals surface area contributed by atoms with E-state index in [-0.39, 0.29) is 63.5 Å². The molecular weight excluding hydrogens is 680 g/mol. The van der Waals surface area contributed by atoms with E-state index in [1.165, 1.54) is 29.9 Å². The molecule has 0 saturated heterocycles. The molecule has 1 aliphatic rings. The van der Waals surface area contributed by atoms with Crippen molar-refractivity contribution < 1.29 is 42.2 Å². The Morgan fingerprint density at radius 2 is 1.65 bits per heavy atom. The second-order valence-corrected chi connectivity index (χ2v) is 12.6. The Labute approximate surface area is 301 Å². The zero-order chi connectivity index (χ0) is 37.9. The number of methoxy groups -OCH3 is 3. The van der Waals surface area contributed by atoms with E-state index < -0.39 is 52.9 Å². The minimum atomic E-state index is -1.35. The van der Waals surface area contributed by atoms with E-state index in [0.717, 1.165) is 11.6 Å². The third-order valence-corrected chi connectivity index (χ3v) is 8.94. The SMILES string of the molecule is CC[C@H](C)[C@@H]1NC(=O)CCCN(C(=O)c2c(OC)ccc(F)c2F)CCCNC(=O)Cn2nc(Cc3ccc(OC)c(OC)c3)nc2[C@@H](C)NC1=O. The van der Waals surface area contributed by atoms with Gasteiger partial charge < -0.3 is 35.1 Å². The van der Waals surface area contributed by atoms with Crippen molar-refractivity contribution in [3.63, 3.8) is 0 Å². The Balaban J connectivity index is 1.63. The molecule has 0 aliphatic carbocycles. The Hall–Kier alpha value is -5.28. The number of nitrogens with zero attached hydrogens (tertiary/aromatic N) is 4. The molecule has 4 rings (SSSR count). The van der Waals surface area contributed by atoms with Gasteiger partial charge in [-0.05, 0) is 55.5 Å². The summed E-state index contributed by atoms with van der Waals surface area (Å²) < 4.78 is 46.4. The van der Waals surface area contributed by atoms with Crippen LogP contribution in [0.3, 0.4) is 0 Å². The molecule has 0 radical (unpaired) electrons. The number of amides is 4. The molecule has 1 aliphatic heterocycles. The number of hydrogen-bond acceptors (Lipinski definition) is 9. The first-order valence-electron chi connectivity index (χ1n) is 17.2. The van der Waals surface area contributed by atoms with Crippen molar-refractivity contribution in [3.8, 4) is 17.2 Å². The first kappa shape index (κ1) is 39.5. The van der Waals surface area contributed by atoms with Gasteiger partial charge in [-0.15, -0.1) is 0 Å². The van der Waals surface area contributed by atoms with Crippen molar-refractivity contribution in [3.05, 3.63) is 64.7 Å². The summed E-state index contributed by atoms with van der Waals surface area (Å²) in [7, 11) is 4.32. The summed E-state index contributed by atoms with van der Waals surface area (Å²) in [5.41, 5.74) is 0.255. The highest BCUT2D eigenvalue weighted by atomic mass is 19.2. The Kier molecular flexibility index (Phi) is 13.9. The lowest BCUT2D eigenvalue weighted by Crippen LogP contribution is -2.51. The summed E-state index contributed by atoms with van der Waals surface area (Å²) >= 11 is 0. The third kappa shape index (κ3) is 9.73. The van der Waals surface area contributed by atoms with E-state index in [4.69, 9.17) is 19.2 Å². The van der Waals surface area contributed by atoms with Gasteiger partial charge in [-0.1, -0.05) is 26.3 Å². The number of ether oxygens (including phenoxy) is 3. The molecule has 0 spiro atoms. The molecule has 1 aromatic heterocycles. The number of benzene rings is 2. The van der Waals surface area contributed by atoms with Crippen LogP contribution in [0.15, 0.2) is 30.3 Å². The van der Waals surface area contributed by atoms with E-state index in [2.05, 4.69) is 21.0 Å². The molecule has 2 heterocycles. The van der Waals surface area contributed by atoms with Crippen LogP contribution >= 0.6 is 0 Å². The minimum Gasteiger partial charge on any atom is -0.496 e. The van der Waals surface area contributed by atoms with Gasteiger partial charge in [0, 0.05) is 32.5 Å². The Morgan fingerprint density at radius 3 is 2.35 bits per heavy atom. The van der Waals surface area contributed by atoms with Crippen LogP contribution in [0, 0.1) is 17.6 Å². The number of hydrogen-bond donors (Lipinski definition) is 3. The van der Waals surface area contributed by atoms with E-state index in [9.17, 15) is 28.0 Å². The second kappa shape index (κ2) is 18.3. The number of halogens is 2. The zero-order valence-corrected chi connectivity index (χ0v) is 30.4. The van der Waals surface area contributed by atoms with Gasteiger partial charge in [0.2, 0.25) is 17.7 Å². The van der Waals surface area contributed by atoms with Crippen LogP contribution in [0.5, 0.6) is 17.2 Å². The number of aromatic nitrogens is 3. The van der Waals surface area contributed by atoms with Gasteiger partial charge in [-0.2, -0.15) is 5.10 Å². The maximum atomic E-state index is 14.9. The summed E-state index contributed by atoms with van der Waals surface area (Å²) in [5.74, 6) is -3.20. The van der Waals surface area contributed by atoms with Crippen LogP contribution in [-0.2, 0) is 27.3 Å². The largest absolute Gasteiger partial charge is 0.496 e. The molecule has 16 heteroatoms. The topological polar surface area (TPSA) is 166 Å². The fourth-order valence-electron chi connectivity index (χ4n) is 5.90. The molecule has 2 aromatic carbocycles. The molecule has 52 heavy (non-hydrogen) atoms. The van der Waals surface area contributed by atoms with Gasteiger partial charge in [0.15, 0.2) is 29.0 Å². The summed E-state index contributed by atoms with van der Waals surface area (Å²) in [4.78, 5) is 59.6. The first-order valence-corrected chi connectivity index (χ1v) is 17.2. The van der Waals surface area contributed by atoms with Crippen molar-refractivity contribution in [1.29, 1.82) is 0 Å². The molecule has 0 unspecified atom stereocenters. The molecular formula is C36H47F2N7O7. The normalized spacial score (nSPS) is 18.5. The smallest absolute Gasteiger partial charge is 0.260 e. The summed E-state index contributed by atoms with van der Waals surface area (Å²) in [5, 5.41) is 13.2. The lowest BCUT2D eigenvalue weighted by molar-refractivity contribution is -0.130. The predicted octanol–water partition coefficient (Wildman–Crippen LogP) is 3.32. The second-order valence-electron chi connectivity index (χ2n) is 12.6. The molecule has 282 valence electrons. The van der Waals surface area contributed by atoms with Gasteiger partial charge in [0.05, 0.1) is 27.4 Å². The average molecular weight is 728 g/mol. The number of rotatable bonds is 8. The summed E-state index contributed by atoms with van der Waals surface area (Å²) in [6.07, 6.45) is 1.25. The van der Waals surface area contributed by atoms with Crippen LogP contribution in [0.25, 0.3) is 0 Å². The Morgan fingerprint density at radius 1 is 0.962 bits per heavy atom. The number of fused-ring (bicyclic) bond motifs is 1. The maximum absolute atomic E-state index is 14.9. The third-order valence-electron chi connectivity index (χ3n) is 8.94. The highest BCUT2D eigenvalue weighted by Gasteiger charge is 2.30. The molecule has 14 nitrogen and oxygen atoms in total. The van der Waals surface area contributed by atoms with Gasteiger partial charge in [0.1, 0.15) is 29.7 Å². The molecule has 0 bridgehead atoms. The van der Waals surface area contributed by atoms with Gasteiger partial charge >= 0.3 is 0 Å². The van der Waals surface area contributed by atoms with E-state index in [1.807, 2.05) is 19.9 Å². The Bertz CT molecular complexity index is 1750. The molecule has 0 saturated carbocycles. The highest BCUT2D eigenvalue weighted by molar-refractivity contribution is 5.97. The van der Waals surface area contributed by atoms with Crippen molar-refractivity contribution in [1.82, 2.24) is 35.6 Å². The van der Waals surface area contributed by atoms with Crippen molar-refractivity contribution >= 4 is 23.6 Å². The molecule has 3 aromatic rings. The van der Waals surface area contributed by atoms with Gasteiger partial charge in [-0.3, -0.25) is 19.2 Å². The van der Waals surface area contributed by atoms with Crippen LogP contribution < -0.4 is 30.2 Å². The molecule has 3 atom stereocenters. The van der Waals surface area contributed by atoms with E-state index >= 15 is 0 Å². The van der Waals surface area contributed by atoms with Gasteiger partial charge in [0.25, 0.3) is 5.91 Å². The predicted molar refractivity (Wildman–Crippen MR) is 186 cm³/mol. The van der Waals surface area contributed by atoms with Crippen molar-refractivity contribution in [2.75, 3.05) is 41.0 Å². The fraction of sp³-hybridized carbons (Fsp3) is 0.500. The van der Waals surface area contributed by atoms with E-state index in [1.54, 1.807) is 26.2 Å². The first-order chi connectivity index (χ1) is 24.9. The lowest BCUT2D eigenvalue weighted by atomic mass is 9.97. The lowest BCUT2D eigenvalue weighted by Gasteiger charge is -2.26. The standard InChI is InChI=1S/C36H47F2N7O7/c1-7-21(2)33-35(48)40-22(3)34-41-28(19-23-11-13-25(50-4)27(18-23)52-6)43-45(34)20-30(47)39-15-9-17-44(16-8-10-29(46)42-33)36(49)31-26(51-5)14-12-24(37)32(31)38/h11-14,18,21-22,33H,7-10,15-17,19-20H2,1-6H3,(H,39,47)(H,40,48)(H,42,46)/t21-,22+,33-/m0/s1. The number of nitrogens with one attached hydrogen (secondary N) is 3. The van der Waals surface area contributed by atoms with Crippen LogP contribution in [0.1, 0.15) is 80.1 Å². The monoisotopic (exact) mass is 727 g/mol. The fourth-order valence-corrected chi connectivity index (χ4v) is 5.90. The molecule has 3 N–H and O–H groups in total. The maximum Gasteiger partial charge on any atom is 0.260 e. The van der Waals surface area contributed by atoms with Crippen molar-refractivity contribution in [2.45, 2.75) is 71.5 Å². The van der Waals surface area contributed by atoms with Crippen LogP contribution in [0.2, 0.25) is 0 Å². The van der Waals surface area contributed by atoms with Gasteiger partial charge in [-0.25, -0.2) is 18.4 Å². The average Bonchev–Trinajstić information content (AvgIpc) is 3.52.